The number of rotatable bonds is 2. The first-order chi connectivity index (χ1) is 6.70. The van der Waals surface area contributed by atoms with Crippen LogP contribution in [0, 0.1) is 0 Å². The van der Waals surface area contributed by atoms with E-state index in [0.29, 0.717) is 22.3 Å². The van der Waals surface area contributed by atoms with Crippen LogP contribution in [0.5, 0.6) is 11.5 Å². The molecule has 0 saturated heterocycles. The predicted molar refractivity (Wildman–Crippen MR) is 52.0 cm³/mol. The summed E-state index contributed by atoms with van der Waals surface area (Å²) in [5, 5.41) is 0.740. The molecule has 0 spiro atoms. The lowest BCUT2D eigenvalue weighted by molar-refractivity contribution is 0.358. The van der Waals surface area contributed by atoms with E-state index in [2.05, 4.69) is 0 Å². The number of hydrogen-bond donors (Lipinski definition) is 0. The van der Waals surface area contributed by atoms with E-state index in [-0.39, 0.29) is 0 Å². The van der Waals surface area contributed by atoms with Crippen molar-refractivity contribution < 1.29 is 9.47 Å². The normalized spacial score (nSPS) is 10.7. The second kappa shape index (κ2) is 2.83. The van der Waals surface area contributed by atoms with Gasteiger partial charge in [0.25, 0.3) is 0 Å². The second-order valence-corrected chi connectivity index (χ2v) is 2.88. The molecule has 0 atom stereocenters. The van der Waals surface area contributed by atoms with E-state index in [1.54, 1.807) is 12.1 Å². The Bertz CT molecular complexity index is 561. The van der Waals surface area contributed by atoms with Gasteiger partial charge in [-0.05, 0) is 12.1 Å². The highest BCUT2D eigenvalue weighted by atomic mass is 16.5. The maximum Gasteiger partial charge on any atom is 0.238 e. The molecule has 0 aliphatic heterocycles. The molecule has 4 nitrogen and oxygen atoms in total. The first kappa shape index (κ1) is 8.74. The van der Waals surface area contributed by atoms with Gasteiger partial charge in [-0.15, -0.1) is 0 Å². The molecule has 2 aromatic carbocycles. The Hall–Kier alpha value is -1.84. The molecule has 72 valence electrons. The molecule has 0 bridgehead atoms. The lowest BCUT2D eigenvalue weighted by Crippen LogP contribution is -2.30. The summed E-state index contributed by atoms with van der Waals surface area (Å²) < 4.78 is 10.0. The van der Waals surface area contributed by atoms with E-state index in [4.69, 9.17) is 9.47 Å². The molecule has 0 radical (unpaired) electrons. The molecule has 0 aromatic heterocycles. The first-order valence-corrected chi connectivity index (χ1v) is 4.04. The minimum Gasteiger partial charge on any atom is -0.493 e. The Balaban J connectivity index is 2.86. The van der Waals surface area contributed by atoms with E-state index in [0.717, 1.165) is 0 Å². The van der Waals surface area contributed by atoms with E-state index in [1.807, 2.05) is 0 Å². The van der Waals surface area contributed by atoms with Crippen LogP contribution in [0.2, 0.25) is 0 Å². The summed E-state index contributed by atoms with van der Waals surface area (Å²) in [5.41, 5.74) is -0.961. The van der Waals surface area contributed by atoms with Crippen molar-refractivity contribution in [2.45, 2.75) is 0 Å². The summed E-state index contributed by atoms with van der Waals surface area (Å²) in [4.78, 5) is 22.3. The van der Waals surface area contributed by atoms with E-state index in [1.165, 1.54) is 14.2 Å². The van der Waals surface area contributed by atoms with Crippen LogP contribution in [0.4, 0.5) is 0 Å². The average Bonchev–Trinajstić information content (AvgIpc) is 2.25. The molecule has 0 fully saturated rings. The second-order valence-electron chi connectivity index (χ2n) is 2.88. The lowest BCUT2D eigenvalue weighted by Gasteiger charge is -2.10. The maximum atomic E-state index is 11.2. The van der Waals surface area contributed by atoms with Crippen LogP contribution in [-0.2, 0) is 0 Å². The Morgan fingerprint density at radius 1 is 1.00 bits per heavy atom. The van der Waals surface area contributed by atoms with Crippen molar-refractivity contribution >= 4 is 10.8 Å². The summed E-state index contributed by atoms with van der Waals surface area (Å²) in [6.07, 6.45) is 0. The highest BCUT2D eigenvalue weighted by molar-refractivity contribution is 5.94. The molecule has 0 unspecified atom stereocenters. The zero-order valence-electron chi connectivity index (χ0n) is 7.79. The molecule has 2 rings (SSSR count). The zero-order chi connectivity index (χ0) is 10.3. The van der Waals surface area contributed by atoms with Crippen LogP contribution in [0.3, 0.4) is 0 Å². The Morgan fingerprint density at radius 2 is 1.71 bits per heavy atom. The fraction of sp³-hybridized carbons (Fsp3) is 0.200. The SMILES string of the molecule is COc1ccc2c(=O)c(=O)c2c1OC. The van der Waals surface area contributed by atoms with Gasteiger partial charge >= 0.3 is 0 Å². The van der Waals surface area contributed by atoms with E-state index >= 15 is 0 Å². The Labute approximate surface area is 79.4 Å². The molecular formula is C10H8O4. The molecule has 0 amide bonds. The van der Waals surface area contributed by atoms with Crippen molar-refractivity contribution in [2.75, 3.05) is 14.2 Å². The first-order valence-electron chi connectivity index (χ1n) is 4.04. The van der Waals surface area contributed by atoms with Crippen molar-refractivity contribution in [1.82, 2.24) is 0 Å². The van der Waals surface area contributed by atoms with Crippen LogP contribution < -0.4 is 20.3 Å². The quantitative estimate of drug-likeness (QED) is 0.648. The standard InChI is InChI=1S/C10H8O4/c1-13-6-4-3-5-7(10(6)14-2)9(12)8(5)11/h3-4H,1-2H3. The van der Waals surface area contributed by atoms with Crippen LogP contribution in [0.25, 0.3) is 10.8 Å². The molecular weight excluding hydrogens is 184 g/mol. The molecule has 0 aliphatic carbocycles. The van der Waals surface area contributed by atoms with E-state index in [9.17, 15) is 9.59 Å². The van der Waals surface area contributed by atoms with Crippen molar-refractivity contribution in [2.24, 2.45) is 0 Å². The number of methoxy groups -OCH3 is 2. The molecule has 0 saturated carbocycles. The molecule has 4 heteroatoms. The van der Waals surface area contributed by atoms with Crippen LogP contribution in [0.1, 0.15) is 0 Å². The largest absolute Gasteiger partial charge is 0.493 e. The van der Waals surface area contributed by atoms with Crippen molar-refractivity contribution in [3.8, 4) is 11.5 Å². The van der Waals surface area contributed by atoms with Gasteiger partial charge in [-0.1, -0.05) is 0 Å². The molecule has 0 N–H and O–H groups in total. The van der Waals surface area contributed by atoms with Crippen molar-refractivity contribution in [3.63, 3.8) is 0 Å². The fourth-order valence-electron chi connectivity index (χ4n) is 1.51. The number of hydrogen-bond acceptors (Lipinski definition) is 4. The smallest absolute Gasteiger partial charge is 0.238 e. The van der Waals surface area contributed by atoms with Crippen LogP contribution >= 0.6 is 0 Å². The molecule has 14 heavy (non-hydrogen) atoms. The molecule has 2 aromatic rings. The summed E-state index contributed by atoms with van der Waals surface area (Å²) >= 11 is 0. The molecule has 0 heterocycles. The highest BCUT2D eigenvalue weighted by Gasteiger charge is 2.19. The van der Waals surface area contributed by atoms with Crippen LogP contribution in [-0.4, -0.2) is 14.2 Å². The van der Waals surface area contributed by atoms with Gasteiger partial charge < -0.3 is 9.47 Å². The third-order valence-corrected chi connectivity index (χ3v) is 2.22. The highest BCUT2D eigenvalue weighted by Crippen LogP contribution is 2.32. The van der Waals surface area contributed by atoms with Gasteiger partial charge in [0.1, 0.15) is 0 Å². The zero-order valence-corrected chi connectivity index (χ0v) is 7.79. The van der Waals surface area contributed by atoms with Gasteiger partial charge in [-0.25, -0.2) is 0 Å². The van der Waals surface area contributed by atoms with Crippen molar-refractivity contribution in [3.05, 3.63) is 32.6 Å². The van der Waals surface area contributed by atoms with Crippen molar-refractivity contribution in [1.29, 1.82) is 0 Å². The van der Waals surface area contributed by atoms with E-state index < -0.39 is 10.9 Å². The summed E-state index contributed by atoms with van der Waals surface area (Å²) in [5.74, 6) is 0.807. The maximum absolute atomic E-state index is 11.2. The van der Waals surface area contributed by atoms with Gasteiger partial charge in [-0.3, -0.25) is 9.59 Å². The minimum atomic E-state index is -0.504. The molecule has 0 aliphatic rings. The van der Waals surface area contributed by atoms with Gasteiger partial charge in [0, 0.05) is 5.39 Å². The minimum absolute atomic E-state index is 0.330. The summed E-state index contributed by atoms with van der Waals surface area (Å²) in [6.45, 7) is 0. The third kappa shape index (κ3) is 0.878. The monoisotopic (exact) mass is 192 g/mol. The topological polar surface area (TPSA) is 52.6 Å². The van der Waals surface area contributed by atoms with Gasteiger partial charge in [0.15, 0.2) is 11.5 Å². The third-order valence-electron chi connectivity index (χ3n) is 2.22. The number of fused-ring (bicyclic) bond motifs is 1. The summed E-state index contributed by atoms with van der Waals surface area (Å²) in [6, 6.07) is 3.18. The Morgan fingerprint density at radius 3 is 2.29 bits per heavy atom. The number of ether oxygens (including phenoxy) is 2. The van der Waals surface area contributed by atoms with Crippen LogP contribution in [0.15, 0.2) is 21.7 Å². The predicted octanol–water partition coefficient (Wildman–Crippen LogP) is 0.453. The van der Waals surface area contributed by atoms with Gasteiger partial charge in [-0.2, -0.15) is 0 Å². The Kier molecular flexibility index (Phi) is 1.77. The fourth-order valence-corrected chi connectivity index (χ4v) is 1.51. The van der Waals surface area contributed by atoms with Gasteiger partial charge in [0.2, 0.25) is 10.9 Å². The van der Waals surface area contributed by atoms with Gasteiger partial charge in [0.05, 0.1) is 19.6 Å². The summed E-state index contributed by atoms with van der Waals surface area (Å²) in [7, 11) is 2.92. The average molecular weight is 192 g/mol. The number of benzene rings is 1. The lowest BCUT2D eigenvalue weighted by atomic mass is 10.0.